The summed E-state index contributed by atoms with van der Waals surface area (Å²) in [5.41, 5.74) is -0.613. The van der Waals surface area contributed by atoms with Crippen LogP contribution < -0.4 is 0 Å². The molecule has 21 heavy (non-hydrogen) atoms. The lowest BCUT2D eigenvalue weighted by Gasteiger charge is -2.13. The van der Waals surface area contributed by atoms with Gasteiger partial charge in [-0.2, -0.15) is 13.2 Å². The molecule has 0 fully saturated rings. The maximum atomic E-state index is 12.8. The smallest absolute Gasteiger partial charge is 0.224 e. The van der Waals surface area contributed by atoms with Gasteiger partial charge in [0.15, 0.2) is 9.84 Å². The third-order valence-electron chi connectivity index (χ3n) is 2.89. The van der Waals surface area contributed by atoms with Gasteiger partial charge < -0.3 is 0 Å². The van der Waals surface area contributed by atoms with E-state index in [0.29, 0.717) is 11.8 Å². The molecule has 0 atom stereocenters. The Morgan fingerprint density at radius 2 is 2.00 bits per heavy atom. The molecule has 0 spiro atoms. The van der Waals surface area contributed by atoms with Gasteiger partial charge in [-0.15, -0.1) is 5.10 Å². The summed E-state index contributed by atoms with van der Waals surface area (Å²) in [6.45, 7) is 2.93. The predicted octanol–water partition coefficient (Wildman–Crippen LogP) is 2.19. The molecular weight excluding hydrogens is 307 g/mol. The van der Waals surface area contributed by atoms with E-state index in [2.05, 4.69) is 16.5 Å². The molecule has 1 radical (unpaired) electrons. The molecule has 0 saturated carbocycles. The summed E-state index contributed by atoms with van der Waals surface area (Å²) < 4.78 is 63.6. The van der Waals surface area contributed by atoms with Crippen LogP contribution in [0.4, 0.5) is 13.2 Å². The van der Waals surface area contributed by atoms with Gasteiger partial charge >= 0.3 is 6.18 Å². The Bertz CT molecular complexity index is 766. The van der Waals surface area contributed by atoms with Gasteiger partial charge in [-0.1, -0.05) is 12.1 Å². The normalized spacial score (nSPS) is 12.6. The van der Waals surface area contributed by atoms with Crippen LogP contribution in [0, 0.1) is 13.1 Å². The van der Waals surface area contributed by atoms with Gasteiger partial charge in [0.2, 0.25) is 0 Å². The van der Waals surface area contributed by atoms with Crippen LogP contribution >= 0.6 is 0 Å². The van der Waals surface area contributed by atoms with Crippen LogP contribution in [-0.2, 0) is 16.0 Å². The average Bonchev–Trinajstić information content (AvgIpc) is 2.83. The van der Waals surface area contributed by atoms with Crippen LogP contribution in [0.2, 0.25) is 0 Å². The van der Waals surface area contributed by atoms with E-state index < -0.39 is 26.5 Å². The minimum Gasteiger partial charge on any atom is -0.224 e. The van der Waals surface area contributed by atoms with Crippen molar-refractivity contribution in [2.75, 3.05) is 5.75 Å². The lowest BCUT2D eigenvalue weighted by atomic mass is 10.2. The standard InChI is InChI=1S/C12H11F3N3O2S/c1-3-21(19,20)11-6-9(12(13,14)15)4-5-10(11)18-8(2)7-16-17-18/h4-6H,3H2,1-2H3. The molecule has 0 aliphatic rings. The predicted molar refractivity (Wildman–Crippen MR) is 67.7 cm³/mol. The van der Waals surface area contributed by atoms with Gasteiger partial charge in [0.05, 0.1) is 27.6 Å². The fraction of sp³-hybridized carbons (Fsp3) is 0.333. The molecule has 113 valence electrons. The Morgan fingerprint density at radius 1 is 1.33 bits per heavy atom. The number of hydrogen-bond acceptors (Lipinski definition) is 4. The highest BCUT2D eigenvalue weighted by atomic mass is 32.2. The van der Waals surface area contributed by atoms with Crippen molar-refractivity contribution in [1.29, 1.82) is 0 Å². The molecule has 5 nitrogen and oxygen atoms in total. The van der Waals surface area contributed by atoms with Crippen molar-refractivity contribution in [3.63, 3.8) is 0 Å². The number of alkyl halides is 3. The maximum Gasteiger partial charge on any atom is 0.416 e. The van der Waals surface area contributed by atoms with Crippen LogP contribution in [0.5, 0.6) is 0 Å². The monoisotopic (exact) mass is 318 g/mol. The van der Waals surface area contributed by atoms with E-state index in [9.17, 15) is 21.6 Å². The highest BCUT2D eigenvalue weighted by Gasteiger charge is 2.33. The first-order chi connectivity index (χ1) is 9.66. The van der Waals surface area contributed by atoms with Gasteiger partial charge in [-0.25, -0.2) is 13.1 Å². The number of aryl methyl sites for hydroxylation is 1. The van der Waals surface area contributed by atoms with E-state index in [4.69, 9.17) is 0 Å². The third-order valence-corrected chi connectivity index (χ3v) is 4.65. The summed E-state index contributed by atoms with van der Waals surface area (Å²) in [5, 5.41) is 7.14. The van der Waals surface area contributed by atoms with E-state index in [-0.39, 0.29) is 11.4 Å². The molecule has 0 aliphatic carbocycles. The quantitative estimate of drug-likeness (QED) is 0.870. The summed E-state index contributed by atoms with van der Waals surface area (Å²) in [6, 6.07) is 2.50. The van der Waals surface area contributed by atoms with Crippen LogP contribution in [-0.4, -0.2) is 29.2 Å². The van der Waals surface area contributed by atoms with Crippen molar-refractivity contribution in [1.82, 2.24) is 15.0 Å². The van der Waals surface area contributed by atoms with Crippen molar-refractivity contribution < 1.29 is 21.6 Å². The first-order valence-corrected chi connectivity index (χ1v) is 7.56. The Hall–Kier alpha value is -1.90. The molecule has 0 amide bonds. The van der Waals surface area contributed by atoms with E-state index in [1.165, 1.54) is 6.92 Å². The second kappa shape index (κ2) is 5.14. The average molecular weight is 318 g/mol. The third kappa shape index (κ3) is 2.92. The number of rotatable bonds is 3. The summed E-state index contributed by atoms with van der Waals surface area (Å²) >= 11 is 0. The fourth-order valence-electron chi connectivity index (χ4n) is 1.75. The van der Waals surface area contributed by atoms with E-state index in [1.54, 1.807) is 6.92 Å². The van der Waals surface area contributed by atoms with E-state index in [0.717, 1.165) is 16.8 Å². The molecular formula is C12H11F3N3O2S. The molecule has 2 aromatic rings. The van der Waals surface area contributed by atoms with E-state index >= 15 is 0 Å². The highest BCUT2D eigenvalue weighted by Crippen LogP contribution is 2.33. The van der Waals surface area contributed by atoms with E-state index in [1.807, 2.05) is 0 Å². The largest absolute Gasteiger partial charge is 0.416 e. The Labute approximate surface area is 119 Å². The van der Waals surface area contributed by atoms with Crippen molar-refractivity contribution in [3.8, 4) is 5.69 Å². The molecule has 1 aromatic carbocycles. The number of hydrogen-bond donors (Lipinski definition) is 0. The molecule has 0 bridgehead atoms. The molecule has 0 N–H and O–H groups in total. The first-order valence-electron chi connectivity index (χ1n) is 5.91. The Morgan fingerprint density at radius 3 is 2.48 bits per heavy atom. The summed E-state index contributed by atoms with van der Waals surface area (Å²) in [4.78, 5) is -0.429. The van der Waals surface area contributed by atoms with Gasteiger partial charge in [0.25, 0.3) is 0 Å². The summed E-state index contributed by atoms with van der Waals surface area (Å²) in [5.74, 6) is -0.321. The summed E-state index contributed by atoms with van der Waals surface area (Å²) in [7, 11) is -3.86. The molecule has 0 saturated heterocycles. The van der Waals surface area contributed by atoms with Crippen LogP contribution in [0.1, 0.15) is 18.2 Å². The molecule has 0 unspecified atom stereocenters. The lowest BCUT2D eigenvalue weighted by Crippen LogP contribution is -2.14. The highest BCUT2D eigenvalue weighted by molar-refractivity contribution is 7.91. The second-order valence-corrected chi connectivity index (χ2v) is 6.53. The van der Waals surface area contributed by atoms with Crippen LogP contribution in [0.25, 0.3) is 5.69 Å². The Balaban J connectivity index is 2.76. The van der Waals surface area contributed by atoms with Gasteiger partial charge in [-0.05, 0) is 25.1 Å². The topological polar surface area (TPSA) is 64.8 Å². The van der Waals surface area contributed by atoms with Crippen molar-refractivity contribution in [2.24, 2.45) is 0 Å². The fourth-order valence-corrected chi connectivity index (χ4v) is 2.84. The number of benzene rings is 1. The number of halogens is 3. The maximum absolute atomic E-state index is 12.8. The van der Waals surface area contributed by atoms with Gasteiger partial charge in [0.1, 0.15) is 6.20 Å². The van der Waals surface area contributed by atoms with Gasteiger partial charge in [-0.3, -0.25) is 0 Å². The lowest BCUT2D eigenvalue weighted by molar-refractivity contribution is -0.137. The second-order valence-electron chi connectivity index (χ2n) is 4.28. The number of nitrogens with zero attached hydrogens (tertiary/aromatic N) is 3. The van der Waals surface area contributed by atoms with Crippen LogP contribution in [0.15, 0.2) is 23.1 Å². The number of aromatic nitrogens is 3. The molecule has 1 heterocycles. The van der Waals surface area contributed by atoms with Crippen molar-refractivity contribution in [2.45, 2.75) is 24.9 Å². The molecule has 1 aromatic heterocycles. The van der Waals surface area contributed by atoms with Crippen LogP contribution in [0.3, 0.4) is 0 Å². The van der Waals surface area contributed by atoms with Gasteiger partial charge in [0, 0.05) is 0 Å². The Kier molecular flexibility index (Phi) is 3.79. The van der Waals surface area contributed by atoms with Crippen molar-refractivity contribution in [3.05, 3.63) is 35.7 Å². The first kappa shape index (κ1) is 15.5. The molecule has 9 heteroatoms. The minimum atomic E-state index is -4.62. The number of sulfone groups is 1. The zero-order valence-corrected chi connectivity index (χ0v) is 12.0. The molecule has 0 aliphatic heterocycles. The van der Waals surface area contributed by atoms with Crippen molar-refractivity contribution >= 4 is 9.84 Å². The summed E-state index contributed by atoms with van der Waals surface area (Å²) in [6.07, 6.45) is -2.13. The zero-order valence-electron chi connectivity index (χ0n) is 11.1. The zero-order chi connectivity index (χ0) is 15.8. The molecule has 2 rings (SSSR count). The minimum absolute atomic E-state index is 0.0242. The SMILES string of the molecule is CCS(=O)(=O)c1cc(C(F)(F)F)ccc1-n1nn[c]c1C.